The first-order chi connectivity index (χ1) is 15.4. The number of hydrogen-bond acceptors (Lipinski definition) is 4. The van der Waals surface area contributed by atoms with Crippen LogP contribution in [0.15, 0.2) is 53.0 Å². The molecule has 2 unspecified atom stereocenters. The van der Waals surface area contributed by atoms with E-state index in [0.29, 0.717) is 37.9 Å². The summed E-state index contributed by atoms with van der Waals surface area (Å²) >= 11 is 3.46. The molecule has 0 radical (unpaired) electrons. The standard InChI is InChI=1S/C24H24BrN3O4/c1-2-24(13-11-20(29)27-23(24)32)15-7-9-16(10-8-15)26-21(30)17-12-14-28(22(17)31)19-6-4-3-5-18(19)25/h3-10,17H,2,11-14H2,1H3,(H,26,30)(H,27,29,32). The van der Waals surface area contributed by atoms with Crippen molar-refractivity contribution in [3.05, 3.63) is 58.6 Å². The number of piperidine rings is 1. The molecular formula is C24H24BrN3O4. The van der Waals surface area contributed by atoms with Gasteiger partial charge in [-0.1, -0.05) is 31.2 Å². The predicted octanol–water partition coefficient (Wildman–Crippen LogP) is 3.53. The van der Waals surface area contributed by atoms with Gasteiger partial charge in [-0.2, -0.15) is 0 Å². The average Bonchev–Trinajstić information content (AvgIpc) is 3.16. The monoisotopic (exact) mass is 497 g/mol. The number of halogens is 1. The minimum absolute atomic E-state index is 0.223. The number of amides is 4. The lowest BCUT2D eigenvalue weighted by molar-refractivity contribution is -0.138. The molecule has 2 aliphatic rings. The molecule has 32 heavy (non-hydrogen) atoms. The van der Waals surface area contributed by atoms with Gasteiger partial charge in [0.05, 0.1) is 11.1 Å². The van der Waals surface area contributed by atoms with Crippen LogP contribution in [0.4, 0.5) is 11.4 Å². The van der Waals surface area contributed by atoms with E-state index in [1.165, 1.54) is 0 Å². The molecule has 7 nitrogen and oxygen atoms in total. The lowest BCUT2D eigenvalue weighted by Gasteiger charge is -2.35. The van der Waals surface area contributed by atoms with E-state index in [1.807, 2.05) is 31.2 Å². The topological polar surface area (TPSA) is 95.6 Å². The molecule has 2 atom stereocenters. The van der Waals surface area contributed by atoms with Gasteiger partial charge in [-0.3, -0.25) is 24.5 Å². The van der Waals surface area contributed by atoms with Crippen molar-refractivity contribution in [1.82, 2.24) is 5.32 Å². The molecule has 0 aromatic heterocycles. The second-order valence-corrected chi connectivity index (χ2v) is 9.02. The molecule has 0 bridgehead atoms. The van der Waals surface area contributed by atoms with Crippen molar-refractivity contribution in [2.24, 2.45) is 5.92 Å². The van der Waals surface area contributed by atoms with Gasteiger partial charge in [0, 0.05) is 23.1 Å². The summed E-state index contributed by atoms with van der Waals surface area (Å²) in [5, 5.41) is 5.26. The third-order valence-corrected chi connectivity index (χ3v) is 7.11. The number of benzene rings is 2. The Balaban J connectivity index is 1.45. The summed E-state index contributed by atoms with van der Waals surface area (Å²) < 4.78 is 0.809. The van der Waals surface area contributed by atoms with Gasteiger partial charge in [0.1, 0.15) is 5.92 Å². The van der Waals surface area contributed by atoms with E-state index in [2.05, 4.69) is 26.6 Å². The molecule has 2 aliphatic heterocycles. The molecule has 2 saturated heterocycles. The highest BCUT2D eigenvalue weighted by Crippen LogP contribution is 2.36. The normalized spacial score (nSPS) is 23.2. The zero-order chi connectivity index (χ0) is 22.9. The van der Waals surface area contributed by atoms with E-state index in [0.717, 1.165) is 15.7 Å². The minimum Gasteiger partial charge on any atom is -0.325 e. The van der Waals surface area contributed by atoms with Crippen LogP contribution in [-0.2, 0) is 24.6 Å². The molecule has 2 aromatic rings. The Morgan fingerprint density at radius 3 is 2.53 bits per heavy atom. The number of rotatable bonds is 5. The van der Waals surface area contributed by atoms with Crippen LogP contribution in [0.1, 0.15) is 38.2 Å². The lowest BCUT2D eigenvalue weighted by Crippen LogP contribution is -2.51. The quantitative estimate of drug-likeness (QED) is 0.487. The van der Waals surface area contributed by atoms with Crippen LogP contribution in [0.25, 0.3) is 0 Å². The van der Waals surface area contributed by atoms with Crippen molar-refractivity contribution in [1.29, 1.82) is 0 Å². The largest absolute Gasteiger partial charge is 0.325 e. The van der Waals surface area contributed by atoms with Crippen LogP contribution in [0, 0.1) is 5.92 Å². The zero-order valence-corrected chi connectivity index (χ0v) is 19.3. The third-order valence-electron chi connectivity index (χ3n) is 6.44. The molecule has 2 fully saturated rings. The van der Waals surface area contributed by atoms with Crippen LogP contribution in [0.3, 0.4) is 0 Å². The van der Waals surface area contributed by atoms with Crippen LogP contribution >= 0.6 is 15.9 Å². The fourth-order valence-electron chi connectivity index (χ4n) is 4.50. The van der Waals surface area contributed by atoms with Crippen molar-refractivity contribution in [3.8, 4) is 0 Å². The maximum absolute atomic E-state index is 12.9. The molecule has 2 N–H and O–H groups in total. The summed E-state index contributed by atoms with van der Waals surface area (Å²) in [6, 6.07) is 14.5. The number of carbonyl (C=O) groups excluding carboxylic acids is 4. The van der Waals surface area contributed by atoms with Gasteiger partial charge >= 0.3 is 0 Å². The number of carbonyl (C=O) groups is 4. The summed E-state index contributed by atoms with van der Waals surface area (Å²) in [5.41, 5.74) is 1.37. The molecule has 2 aromatic carbocycles. The van der Waals surface area contributed by atoms with E-state index in [1.54, 1.807) is 29.2 Å². The Hall–Kier alpha value is -3.00. The van der Waals surface area contributed by atoms with Crippen LogP contribution in [0.2, 0.25) is 0 Å². The summed E-state index contributed by atoms with van der Waals surface area (Å²) in [5.74, 6) is -1.85. The average molecular weight is 498 g/mol. The Labute approximate surface area is 194 Å². The van der Waals surface area contributed by atoms with Crippen LogP contribution in [-0.4, -0.2) is 30.2 Å². The maximum Gasteiger partial charge on any atom is 0.239 e. The molecule has 0 aliphatic carbocycles. The Bertz CT molecular complexity index is 1080. The van der Waals surface area contributed by atoms with Crippen molar-refractivity contribution < 1.29 is 19.2 Å². The number of nitrogens with zero attached hydrogens (tertiary/aromatic N) is 1. The highest BCUT2D eigenvalue weighted by Gasteiger charge is 2.43. The Kier molecular flexibility index (Phi) is 6.15. The van der Waals surface area contributed by atoms with E-state index >= 15 is 0 Å². The lowest BCUT2D eigenvalue weighted by atomic mass is 9.72. The van der Waals surface area contributed by atoms with Crippen LogP contribution < -0.4 is 15.5 Å². The number of hydrogen-bond donors (Lipinski definition) is 2. The van der Waals surface area contributed by atoms with Crippen LogP contribution in [0.5, 0.6) is 0 Å². The number of anilines is 2. The van der Waals surface area contributed by atoms with Gasteiger partial charge in [0.25, 0.3) is 0 Å². The third kappa shape index (κ3) is 3.95. The molecule has 0 saturated carbocycles. The van der Waals surface area contributed by atoms with E-state index < -0.39 is 11.3 Å². The van der Waals surface area contributed by atoms with Gasteiger partial charge < -0.3 is 10.2 Å². The summed E-state index contributed by atoms with van der Waals surface area (Å²) in [7, 11) is 0. The van der Waals surface area contributed by atoms with Gasteiger partial charge in [0.2, 0.25) is 23.6 Å². The number of imide groups is 1. The van der Waals surface area contributed by atoms with Crippen molar-refractivity contribution >= 4 is 50.9 Å². The number of para-hydroxylation sites is 1. The maximum atomic E-state index is 12.9. The molecule has 4 amide bonds. The van der Waals surface area contributed by atoms with Crippen molar-refractivity contribution in [2.75, 3.05) is 16.8 Å². The molecule has 0 spiro atoms. The zero-order valence-electron chi connectivity index (χ0n) is 17.7. The fraction of sp³-hybridized carbons (Fsp3) is 0.333. The second-order valence-electron chi connectivity index (χ2n) is 8.16. The van der Waals surface area contributed by atoms with Gasteiger partial charge in [-0.25, -0.2) is 0 Å². The molecular weight excluding hydrogens is 474 g/mol. The molecule has 2 heterocycles. The highest BCUT2D eigenvalue weighted by atomic mass is 79.9. The first kappa shape index (κ1) is 22.2. The first-order valence-corrected chi connectivity index (χ1v) is 11.5. The highest BCUT2D eigenvalue weighted by molar-refractivity contribution is 9.10. The van der Waals surface area contributed by atoms with E-state index in [4.69, 9.17) is 0 Å². The Morgan fingerprint density at radius 1 is 1.16 bits per heavy atom. The minimum atomic E-state index is -0.751. The Morgan fingerprint density at radius 2 is 1.88 bits per heavy atom. The smallest absolute Gasteiger partial charge is 0.239 e. The molecule has 8 heteroatoms. The van der Waals surface area contributed by atoms with Crippen molar-refractivity contribution in [3.63, 3.8) is 0 Å². The van der Waals surface area contributed by atoms with Gasteiger partial charge in [-0.15, -0.1) is 0 Å². The molecule has 166 valence electrons. The summed E-state index contributed by atoms with van der Waals surface area (Å²) in [6.07, 6.45) is 1.77. The van der Waals surface area contributed by atoms with E-state index in [9.17, 15) is 19.2 Å². The van der Waals surface area contributed by atoms with Gasteiger partial charge in [-0.05, 0) is 65.0 Å². The van der Waals surface area contributed by atoms with Gasteiger partial charge in [0.15, 0.2) is 0 Å². The SMILES string of the molecule is CCC1(c2ccc(NC(=O)C3CCN(c4ccccc4Br)C3=O)cc2)CCC(=O)NC1=O. The van der Waals surface area contributed by atoms with E-state index in [-0.39, 0.29) is 23.6 Å². The summed E-state index contributed by atoms with van der Waals surface area (Å²) in [4.78, 5) is 51.4. The molecule has 4 rings (SSSR count). The second kappa shape index (κ2) is 8.86. The number of nitrogens with one attached hydrogen (secondary N) is 2. The predicted molar refractivity (Wildman–Crippen MR) is 124 cm³/mol. The first-order valence-electron chi connectivity index (χ1n) is 10.7. The van der Waals surface area contributed by atoms with Crippen molar-refractivity contribution in [2.45, 2.75) is 38.0 Å². The fourth-order valence-corrected chi connectivity index (χ4v) is 5.00. The summed E-state index contributed by atoms with van der Waals surface area (Å²) in [6.45, 7) is 2.40.